The lowest BCUT2D eigenvalue weighted by Gasteiger charge is -2.19. The van der Waals surface area contributed by atoms with Crippen LogP contribution in [-0.2, 0) is 31.6 Å². The number of rotatable bonds is 9. The van der Waals surface area contributed by atoms with Crippen molar-refractivity contribution in [1.29, 1.82) is 0 Å². The molecule has 0 amide bonds. The number of nitrogen functional groups attached to an aromatic ring is 1. The van der Waals surface area contributed by atoms with Crippen molar-refractivity contribution in [2.24, 2.45) is 5.92 Å². The van der Waals surface area contributed by atoms with Crippen molar-refractivity contribution in [1.82, 2.24) is 24.5 Å². The number of phosphoric acid groups is 3. The van der Waals surface area contributed by atoms with Crippen molar-refractivity contribution in [2.75, 3.05) is 12.3 Å². The van der Waals surface area contributed by atoms with Gasteiger partial charge in [0.1, 0.15) is 24.0 Å². The summed E-state index contributed by atoms with van der Waals surface area (Å²) >= 11 is 0. The van der Waals surface area contributed by atoms with Gasteiger partial charge in [0.05, 0.1) is 23.7 Å². The molecule has 1 aliphatic heterocycles. The Kier molecular flexibility index (Phi) is 7.45. The molecule has 0 bridgehead atoms. The first-order valence-electron chi connectivity index (χ1n) is 10.1. The van der Waals surface area contributed by atoms with E-state index in [2.05, 4.69) is 28.6 Å². The molecule has 36 heavy (non-hydrogen) atoms. The van der Waals surface area contributed by atoms with Crippen LogP contribution in [-0.4, -0.2) is 56.8 Å². The highest BCUT2D eigenvalue weighted by molar-refractivity contribution is 7.66. The van der Waals surface area contributed by atoms with E-state index in [0.29, 0.717) is 28.8 Å². The van der Waals surface area contributed by atoms with Gasteiger partial charge < -0.3 is 34.6 Å². The van der Waals surface area contributed by atoms with E-state index in [0.717, 1.165) is 0 Å². The van der Waals surface area contributed by atoms with Gasteiger partial charge in [-0.1, -0.05) is 6.92 Å². The van der Waals surface area contributed by atoms with Gasteiger partial charge in [-0.2, -0.15) is 8.62 Å². The Morgan fingerprint density at radius 3 is 2.44 bits per heavy atom. The third-order valence-electron chi connectivity index (χ3n) is 5.01. The molecule has 5 atom stereocenters. The highest BCUT2D eigenvalue weighted by Crippen LogP contribution is 2.66. The molecule has 20 heteroatoms. The molecule has 3 aromatic heterocycles. The smallest absolute Gasteiger partial charge is 0.383 e. The monoisotopic (exact) mass is 566 g/mol. The summed E-state index contributed by atoms with van der Waals surface area (Å²) in [4.78, 5) is 53.0. The third-order valence-corrected chi connectivity index (χ3v) is 8.81. The summed E-state index contributed by atoms with van der Waals surface area (Å²) in [6.45, 7) is 1.29. The highest BCUT2D eigenvalue weighted by atomic mass is 31.3. The fourth-order valence-corrected chi connectivity index (χ4v) is 6.80. The van der Waals surface area contributed by atoms with Crippen molar-refractivity contribution in [3.63, 3.8) is 0 Å². The van der Waals surface area contributed by atoms with Crippen LogP contribution in [0, 0.1) is 5.92 Å². The quantitative estimate of drug-likeness (QED) is 0.231. The van der Waals surface area contributed by atoms with E-state index < -0.39 is 42.4 Å². The minimum Gasteiger partial charge on any atom is -0.383 e. The van der Waals surface area contributed by atoms with Gasteiger partial charge in [-0.3, -0.25) is 4.52 Å². The zero-order chi connectivity index (χ0) is 26.3. The van der Waals surface area contributed by atoms with Gasteiger partial charge in [0.25, 0.3) is 0 Å². The average molecular weight is 566 g/mol. The molecule has 0 aromatic carbocycles. The lowest BCUT2D eigenvalue weighted by molar-refractivity contribution is -0.0287. The Labute approximate surface area is 202 Å². The van der Waals surface area contributed by atoms with Crippen LogP contribution in [0.5, 0.6) is 0 Å². The lowest BCUT2D eigenvalue weighted by Crippen LogP contribution is -2.17. The molecule has 1 aliphatic rings. The first-order valence-corrected chi connectivity index (χ1v) is 14.6. The predicted octanol–water partition coefficient (Wildman–Crippen LogP) is 1.74. The molecule has 1 saturated heterocycles. The Bertz CT molecular complexity index is 1400. The average Bonchev–Trinajstić information content (AvgIpc) is 3.31. The van der Waals surface area contributed by atoms with Gasteiger partial charge in [-0.25, -0.2) is 33.6 Å². The van der Waals surface area contributed by atoms with E-state index in [-0.39, 0.29) is 11.7 Å². The Balaban J connectivity index is 1.51. The molecule has 3 aromatic rings. The maximum atomic E-state index is 12.0. The van der Waals surface area contributed by atoms with Gasteiger partial charge in [-0.05, 0) is 12.5 Å². The van der Waals surface area contributed by atoms with Crippen molar-refractivity contribution >= 4 is 40.3 Å². The molecule has 0 spiro atoms. The number of nitrogens with two attached hydrogens (primary N) is 1. The highest BCUT2D eigenvalue weighted by Gasteiger charge is 2.42. The summed E-state index contributed by atoms with van der Waals surface area (Å²) in [5.74, 6) is 0.421. The van der Waals surface area contributed by atoms with E-state index in [1.54, 1.807) is 29.2 Å². The second-order valence-electron chi connectivity index (χ2n) is 7.73. The topological polar surface area (TPSA) is 252 Å². The summed E-state index contributed by atoms with van der Waals surface area (Å²) < 4.78 is 54.1. The van der Waals surface area contributed by atoms with Gasteiger partial charge in [0.15, 0.2) is 5.82 Å². The first kappa shape index (κ1) is 26.9. The maximum Gasteiger partial charge on any atom is 0.490 e. The molecule has 196 valence electrons. The van der Waals surface area contributed by atoms with Gasteiger partial charge >= 0.3 is 23.5 Å². The molecular formula is C16H21N6O11P3. The fraction of sp³-hybridized carbons (Fsp3) is 0.375. The Morgan fingerprint density at radius 1 is 1.08 bits per heavy atom. The maximum absolute atomic E-state index is 12.0. The largest absolute Gasteiger partial charge is 0.490 e. The van der Waals surface area contributed by atoms with Crippen LogP contribution in [0.15, 0.2) is 31.0 Å². The summed E-state index contributed by atoms with van der Waals surface area (Å²) in [7, 11) is -16.4. The van der Waals surface area contributed by atoms with Crippen molar-refractivity contribution in [3.8, 4) is 11.4 Å². The zero-order valence-corrected chi connectivity index (χ0v) is 21.0. The predicted molar refractivity (Wildman–Crippen MR) is 120 cm³/mol. The number of ether oxygens (including phenoxy) is 1. The van der Waals surface area contributed by atoms with Crippen LogP contribution in [0.3, 0.4) is 0 Å². The van der Waals surface area contributed by atoms with E-state index in [1.807, 2.05) is 6.92 Å². The van der Waals surface area contributed by atoms with Crippen LogP contribution in [0.25, 0.3) is 22.4 Å². The molecule has 4 rings (SSSR count). The van der Waals surface area contributed by atoms with Crippen molar-refractivity contribution in [2.45, 2.75) is 25.7 Å². The van der Waals surface area contributed by atoms with E-state index in [4.69, 9.17) is 24.8 Å². The minimum atomic E-state index is -5.61. The molecular weight excluding hydrogens is 545 g/mol. The van der Waals surface area contributed by atoms with Crippen LogP contribution in [0.2, 0.25) is 0 Å². The number of hydrogen-bond donors (Lipinski definition) is 5. The standard InChI is InChI=1S/C16H21N6O11P3/c1-9-5-10(7-30-35(26,27)33-36(28,29)32-34(23,24)25)31-16(9)22-6-11(14-18-3-2-4-19-14)12-13(17)20-8-21-15(12)22/h2-4,6,8-10,16H,5,7H2,1H3,(H,26,27)(H,28,29)(H2,17,20,21)(H2,23,24,25)/t9-,10?,16+/m0/s1. The second kappa shape index (κ2) is 9.97. The van der Waals surface area contributed by atoms with Crippen molar-refractivity contribution in [3.05, 3.63) is 31.0 Å². The third kappa shape index (κ3) is 6.22. The normalized spacial score (nSPS) is 24.0. The van der Waals surface area contributed by atoms with Gasteiger partial charge in [-0.15, -0.1) is 0 Å². The van der Waals surface area contributed by atoms with Crippen LogP contribution in [0.1, 0.15) is 19.6 Å². The molecule has 4 heterocycles. The van der Waals surface area contributed by atoms with E-state index in [9.17, 15) is 23.5 Å². The SMILES string of the molecule is C[C@H]1CC(COP(=O)(O)OP(=O)(O)OP(=O)(O)O)O[C@H]1n1cc(-c2ncccn2)c2c(N)ncnc21. The second-order valence-corrected chi connectivity index (χ2v) is 12.1. The van der Waals surface area contributed by atoms with E-state index >= 15 is 0 Å². The molecule has 1 fully saturated rings. The molecule has 6 N–H and O–H groups in total. The number of aromatic nitrogens is 5. The summed E-state index contributed by atoms with van der Waals surface area (Å²) in [5, 5.41) is 0.510. The number of hydrogen-bond acceptors (Lipinski definition) is 12. The van der Waals surface area contributed by atoms with E-state index in [1.165, 1.54) is 6.33 Å². The molecule has 0 radical (unpaired) electrons. The first-order chi connectivity index (χ1) is 16.7. The molecule has 0 saturated carbocycles. The molecule has 3 unspecified atom stereocenters. The molecule has 17 nitrogen and oxygen atoms in total. The lowest BCUT2D eigenvalue weighted by atomic mass is 10.1. The number of fused-ring (bicyclic) bond motifs is 1. The van der Waals surface area contributed by atoms with Gasteiger partial charge in [0.2, 0.25) is 0 Å². The minimum absolute atomic E-state index is 0.171. The summed E-state index contributed by atoms with van der Waals surface area (Å²) in [5.41, 5.74) is 7.10. The summed E-state index contributed by atoms with van der Waals surface area (Å²) in [6.07, 6.45) is 5.06. The number of anilines is 1. The zero-order valence-electron chi connectivity index (χ0n) is 18.3. The Hall–Kier alpha value is -2.13. The van der Waals surface area contributed by atoms with Crippen LogP contribution >= 0.6 is 23.5 Å². The number of phosphoric ester groups is 1. The summed E-state index contributed by atoms with van der Waals surface area (Å²) in [6, 6.07) is 1.66. The van der Waals surface area contributed by atoms with Crippen LogP contribution in [0.4, 0.5) is 5.82 Å². The van der Waals surface area contributed by atoms with Gasteiger partial charge in [0, 0.05) is 24.5 Å². The molecule has 0 aliphatic carbocycles. The fourth-order valence-electron chi connectivity index (χ4n) is 3.76. The number of nitrogens with zero attached hydrogens (tertiary/aromatic N) is 5. The Morgan fingerprint density at radius 2 is 1.78 bits per heavy atom. The van der Waals surface area contributed by atoms with Crippen LogP contribution < -0.4 is 5.73 Å². The van der Waals surface area contributed by atoms with Crippen molar-refractivity contribution < 1.29 is 51.2 Å².